The van der Waals surface area contributed by atoms with Gasteiger partial charge in [0.25, 0.3) is 5.91 Å². The van der Waals surface area contributed by atoms with E-state index in [-0.39, 0.29) is 5.91 Å². The third kappa shape index (κ3) is 3.84. The van der Waals surface area contributed by atoms with Crippen LogP contribution in [0.1, 0.15) is 72.3 Å². The number of carbonyl (C=O) groups excluding carboxylic acids is 1. The number of aryl methyl sites for hydroxylation is 2. The standard InChI is InChI=1S/C24H30N4O2S/c1-3-16(2)21-25-22(20-17-8-5-4-6-10-19(17)31-23(20)26-21)27-11-13-28(14-12-27)24(29)18-9-7-15-30-18/h7,9,15-16H,3-6,8,10-14H2,1-2H3/t16-/m1/s1. The fourth-order valence-electron chi connectivity index (χ4n) is 4.64. The second-order valence-corrected chi connectivity index (χ2v) is 9.80. The Morgan fingerprint density at radius 2 is 1.97 bits per heavy atom. The molecule has 1 fully saturated rings. The highest BCUT2D eigenvalue weighted by molar-refractivity contribution is 7.19. The Labute approximate surface area is 187 Å². The molecule has 164 valence electrons. The SMILES string of the molecule is CC[C@@H](C)c1nc(N2CCN(C(=O)c3ccco3)CC2)c2c3c(sc2n1)CCCCC3. The predicted molar refractivity (Wildman–Crippen MR) is 124 cm³/mol. The summed E-state index contributed by atoms with van der Waals surface area (Å²) in [4.78, 5) is 29.7. The largest absolute Gasteiger partial charge is 0.459 e. The first kappa shape index (κ1) is 20.5. The molecule has 0 radical (unpaired) electrons. The highest BCUT2D eigenvalue weighted by atomic mass is 32.1. The number of nitrogens with zero attached hydrogens (tertiary/aromatic N) is 4. The van der Waals surface area contributed by atoms with Crippen molar-refractivity contribution in [2.75, 3.05) is 31.1 Å². The van der Waals surface area contributed by atoms with Gasteiger partial charge in [-0.2, -0.15) is 0 Å². The number of thiophene rings is 1. The highest BCUT2D eigenvalue weighted by Crippen LogP contribution is 2.40. The molecule has 0 N–H and O–H groups in total. The second kappa shape index (κ2) is 8.61. The molecule has 0 saturated carbocycles. The minimum atomic E-state index is -0.0258. The Morgan fingerprint density at radius 1 is 1.16 bits per heavy atom. The van der Waals surface area contributed by atoms with Crippen molar-refractivity contribution in [3.8, 4) is 0 Å². The fraction of sp³-hybridized carbons (Fsp3) is 0.542. The van der Waals surface area contributed by atoms with Crippen LogP contribution in [0.15, 0.2) is 22.8 Å². The van der Waals surface area contributed by atoms with Gasteiger partial charge in [0, 0.05) is 37.0 Å². The summed E-state index contributed by atoms with van der Waals surface area (Å²) in [5.74, 6) is 2.77. The molecule has 1 atom stereocenters. The second-order valence-electron chi connectivity index (χ2n) is 8.72. The van der Waals surface area contributed by atoms with Gasteiger partial charge in [0.05, 0.1) is 11.6 Å². The van der Waals surface area contributed by atoms with Crippen molar-refractivity contribution in [1.82, 2.24) is 14.9 Å². The van der Waals surface area contributed by atoms with Gasteiger partial charge in [0.2, 0.25) is 0 Å². The zero-order chi connectivity index (χ0) is 21.4. The summed E-state index contributed by atoms with van der Waals surface area (Å²) < 4.78 is 5.31. The van der Waals surface area contributed by atoms with Crippen molar-refractivity contribution in [2.24, 2.45) is 0 Å². The number of carbonyl (C=O) groups is 1. The van der Waals surface area contributed by atoms with Gasteiger partial charge in [0.15, 0.2) is 5.76 Å². The van der Waals surface area contributed by atoms with E-state index in [1.165, 1.54) is 41.5 Å². The molecule has 3 aromatic rings. The lowest BCUT2D eigenvalue weighted by molar-refractivity contribution is 0.0714. The maximum atomic E-state index is 12.7. The van der Waals surface area contributed by atoms with Gasteiger partial charge in [-0.25, -0.2) is 9.97 Å². The van der Waals surface area contributed by atoms with Crippen LogP contribution >= 0.6 is 11.3 Å². The minimum Gasteiger partial charge on any atom is -0.459 e. The van der Waals surface area contributed by atoms with E-state index in [0.29, 0.717) is 24.8 Å². The highest BCUT2D eigenvalue weighted by Gasteiger charge is 2.28. The molecule has 1 aliphatic carbocycles. The van der Waals surface area contributed by atoms with Crippen LogP contribution in [0.4, 0.5) is 5.82 Å². The summed E-state index contributed by atoms with van der Waals surface area (Å²) in [7, 11) is 0. The number of aromatic nitrogens is 2. The number of anilines is 1. The van der Waals surface area contributed by atoms with Crippen molar-refractivity contribution in [1.29, 1.82) is 0 Å². The first-order chi connectivity index (χ1) is 15.2. The molecule has 1 saturated heterocycles. The molecule has 0 bridgehead atoms. The third-order valence-electron chi connectivity index (χ3n) is 6.71. The quantitative estimate of drug-likeness (QED) is 0.535. The average Bonchev–Trinajstić information content (AvgIpc) is 3.40. The van der Waals surface area contributed by atoms with Gasteiger partial charge in [-0.1, -0.05) is 20.3 Å². The van der Waals surface area contributed by atoms with E-state index in [0.717, 1.165) is 42.4 Å². The molecule has 1 amide bonds. The molecule has 0 unspecified atom stereocenters. The Hall–Kier alpha value is -2.41. The van der Waals surface area contributed by atoms with Crippen LogP contribution in [0.2, 0.25) is 0 Å². The lowest BCUT2D eigenvalue weighted by Crippen LogP contribution is -2.49. The van der Waals surface area contributed by atoms with E-state index in [1.807, 2.05) is 16.2 Å². The van der Waals surface area contributed by atoms with Crippen LogP contribution in [-0.4, -0.2) is 47.0 Å². The van der Waals surface area contributed by atoms with Crippen molar-refractivity contribution >= 4 is 33.3 Å². The van der Waals surface area contributed by atoms with Gasteiger partial charge in [-0.15, -0.1) is 11.3 Å². The summed E-state index contributed by atoms with van der Waals surface area (Å²) >= 11 is 1.88. The topological polar surface area (TPSA) is 62.5 Å². The molecule has 7 heteroatoms. The molecular weight excluding hydrogens is 408 g/mol. The molecule has 4 heterocycles. The zero-order valence-corrected chi connectivity index (χ0v) is 19.2. The maximum Gasteiger partial charge on any atom is 0.289 e. The molecular formula is C24H30N4O2S. The number of fused-ring (bicyclic) bond motifs is 3. The van der Waals surface area contributed by atoms with E-state index >= 15 is 0 Å². The number of hydrogen-bond donors (Lipinski definition) is 0. The van der Waals surface area contributed by atoms with Crippen LogP contribution in [-0.2, 0) is 12.8 Å². The number of piperazine rings is 1. The van der Waals surface area contributed by atoms with Crippen molar-refractivity contribution in [3.63, 3.8) is 0 Å². The maximum absolute atomic E-state index is 12.7. The third-order valence-corrected chi connectivity index (χ3v) is 7.90. The Morgan fingerprint density at radius 3 is 2.71 bits per heavy atom. The van der Waals surface area contributed by atoms with Crippen molar-refractivity contribution in [2.45, 2.75) is 58.3 Å². The molecule has 5 rings (SSSR count). The minimum absolute atomic E-state index is 0.0258. The molecule has 1 aliphatic heterocycles. The van der Waals surface area contributed by atoms with Crippen LogP contribution in [0.5, 0.6) is 0 Å². The van der Waals surface area contributed by atoms with Gasteiger partial charge in [-0.3, -0.25) is 4.79 Å². The van der Waals surface area contributed by atoms with Gasteiger partial charge in [0.1, 0.15) is 16.5 Å². The molecule has 31 heavy (non-hydrogen) atoms. The molecule has 6 nitrogen and oxygen atoms in total. The molecule has 0 spiro atoms. The van der Waals surface area contributed by atoms with Crippen molar-refractivity contribution < 1.29 is 9.21 Å². The zero-order valence-electron chi connectivity index (χ0n) is 18.4. The average molecular weight is 439 g/mol. The van der Waals surface area contributed by atoms with Crippen LogP contribution in [0.3, 0.4) is 0 Å². The molecule has 2 aliphatic rings. The Balaban J connectivity index is 1.48. The monoisotopic (exact) mass is 438 g/mol. The normalized spacial score (nSPS) is 18.1. The smallest absolute Gasteiger partial charge is 0.289 e. The number of amides is 1. The van der Waals surface area contributed by atoms with Crippen LogP contribution < -0.4 is 4.90 Å². The van der Waals surface area contributed by atoms with E-state index < -0.39 is 0 Å². The molecule has 0 aromatic carbocycles. The van der Waals surface area contributed by atoms with Crippen LogP contribution in [0.25, 0.3) is 10.2 Å². The van der Waals surface area contributed by atoms with Crippen LogP contribution in [0, 0.1) is 0 Å². The lowest BCUT2D eigenvalue weighted by Gasteiger charge is -2.35. The van der Waals surface area contributed by atoms with Crippen molar-refractivity contribution in [3.05, 3.63) is 40.4 Å². The summed E-state index contributed by atoms with van der Waals surface area (Å²) in [6, 6.07) is 3.50. The fourth-order valence-corrected chi connectivity index (χ4v) is 5.90. The van der Waals surface area contributed by atoms with E-state index in [2.05, 4.69) is 18.7 Å². The first-order valence-corrected chi connectivity index (χ1v) is 12.4. The number of hydrogen-bond acceptors (Lipinski definition) is 6. The van der Waals surface area contributed by atoms with E-state index in [1.54, 1.807) is 18.4 Å². The number of furan rings is 1. The Bertz CT molecular complexity index is 1070. The summed E-state index contributed by atoms with van der Waals surface area (Å²) in [5, 5.41) is 1.28. The van der Waals surface area contributed by atoms with Gasteiger partial charge >= 0.3 is 0 Å². The van der Waals surface area contributed by atoms with Gasteiger partial charge in [-0.05, 0) is 49.8 Å². The summed E-state index contributed by atoms with van der Waals surface area (Å²) in [6.45, 7) is 7.32. The van der Waals surface area contributed by atoms with E-state index in [9.17, 15) is 4.79 Å². The number of rotatable bonds is 4. The van der Waals surface area contributed by atoms with E-state index in [4.69, 9.17) is 14.4 Å². The predicted octanol–water partition coefficient (Wildman–Crippen LogP) is 5.03. The Kier molecular flexibility index (Phi) is 5.69. The summed E-state index contributed by atoms with van der Waals surface area (Å²) in [6.07, 6.45) is 8.70. The lowest BCUT2D eigenvalue weighted by atomic mass is 10.1. The summed E-state index contributed by atoms with van der Waals surface area (Å²) in [5.41, 5.74) is 1.48. The van der Waals surface area contributed by atoms with Gasteiger partial charge < -0.3 is 14.2 Å². The molecule has 3 aromatic heterocycles. The first-order valence-electron chi connectivity index (χ1n) is 11.6.